The topological polar surface area (TPSA) is 143 Å². The SMILES string of the molecule is CN(CCc1ccccc1)c1nc(N)c2ncn([C@@H]3O[C@H](CO)C(O)C3O)c2n1. The number of nitrogen functional groups attached to an aromatic ring is 1. The molecule has 5 N–H and O–H groups in total. The minimum absolute atomic E-state index is 0.210. The zero-order valence-corrected chi connectivity index (χ0v) is 16.0. The Kier molecular flexibility index (Phi) is 5.33. The summed E-state index contributed by atoms with van der Waals surface area (Å²) in [5, 5.41) is 29.7. The molecule has 10 nitrogen and oxygen atoms in total. The molecule has 1 saturated heterocycles. The maximum Gasteiger partial charge on any atom is 0.229 e. The van der Waals surface area contributed by atoms with E-state index in [0.29, 0.717) is 23.7 Å². The number of nitrogens with two attached hydrogens (primary N) is 1. The highest BCUT2D eigenvalue weighted by atomic mass is 16.6. The third kappa shape index (κ3) is 3.62. The number of hydrogen-bond acceptors (Lipinski definition) is 9. The van der Waals surface area contributed by atoms with Crippen LogP contribution in [0.25, 0.3) is 11.2 Å². The molecule has 4 atom stereocenters. The molecule has 0 saturated carbocycles. The van der Waals surface area contributed by atoms with Crippen LogP contribution in [0.15, 0.2) is 36.7 Å². The second-order valence-corrected chi connectivity index (χ2v) is 7.12. The predicted molar refractivity (Wildman–Crippen MR) is 106 cm³/mol. The second-order valence-electron chi connectivity index (χ2n) is 7.12. The Hall–Kier alpha value is -2.79. The Bertz CT molecular complexity index is 981. The third-order valence-electron chi connectivity index (χ3n) is 5.15. The second kappa shape index (κ2) is 7.91. The Morgan fingerprint density at radius 3 is 2.62 bits per heavy atom. The molecular formula is C19H24N6O4. The van der Waals surface area contributed by atoms with Gasteiger partial charge in [-0.15, -0.1) is 0 Å². The maximum atomic E-state index is 10.3. The fourth-order valence-corrected chi connectivity index (χ4v) is 3.43. The van der Waals surface area contributed by atoms with Crippen LogP contribution >= 0.6 is 0 Å². The van der Waals surface area contributed by atoms with E-state index in [-0.39, 0.29) is 5.82 Å². The summed E-state index contributed by atoms with van der Waals surface area (Å²) in [6, 6.07) is 10.1. The zero-order chi connectivity index (χ0) is 20.5. The summed E-state index contributed by atoms with van der Waals surface area (Å²) >= 11 is 0. The number of ether oxygens (including phenoxy) is 1. The molecule has 1 fully saturated rings. The van der Waals surface area contributed by atoms with Crippen molar-refractivity contribution in [2.75, 3.05) is 30.8 Å². The normalized spacial score (nSPS) is 24.3. The van der Waals surface area contributed by atoms with Gasteiger partial charge in [0, 0.05) is 13.6 Å². The van der Waals surface area contributed by atoms with E-state index in [0.717, 1.165) is 6.42 Å². The van der Waals surface area contributed by atoms with Crippen molar-refractivity contribution in [3.05, 3.63) is 42.2 Å². The first-order valence-corrected chi connectivity index (χ1v) is 9.37. The van der Waals surface area contributed by atoms with Crippen molar-refractivity contribution in [1.29, 1.82) is 0 Å². The number of aliphatic hydroxyl groups is 3. The number of likely N-dealkylation sites (N-methyl/N-ethyl adjacent to an activating group) is 1. The summed E-state index contributed by atoms with van der Waals surface area (Å²) in [4.78, 5) is 15.0. The van der Waals surface area contributed by atoms with Crippen molar-refractivity contribution in [2.24, 2.45) is 0 Å². The van der Waals surface area contributed by atoms with Crippen molar-refractivity contribution in [1.82, 2.24) is 19.5 Å². The predicted octanol–water partition coefficient (Wildman–Crippen LogP) is -0.301. The Morgan fingerprint density at radius 1 is 1.17 bits per heavy atom. The Morgan fingerprint density at radius 2 is 1.93 bits per heavy atom. The van der Waals surface area contributed by atoms with Gasteiger partial charge < -0.3 is 30.7 Å². The van der Waals surface area contributed by atoms with Crippen LogP contribution in [-0.2, 0) is 11.2 Å². The van der Waals surface area contributed by atoms with E-state index in [1.807, 2.05) is 30.1 Å². The van der Waals surface area contributed by atoms with E-state index in [1.165, 1.54) is 16.5 Å². The van der Waals surface area contributed by atoms with Crippen molar-refractivity contribution in [3.63, 3.8) is 0 Å². The van der Waals surface area contributed by atoms with Gasteiger partial charge in [-0.2, -0.15) is 9.97 Å². The lowest BCUT2D eigenvalue weighted by molar-refractivity contribution is -0.0511. The molecule has 0 amide bonds. The maximum absolute atomic E-state index is 10.3. The standard InChI is InChI=1S/C19H24N6O4/c1-24(8-7-11-5-3-2-4-6-11)19-22-16(20)13-17(23-19)25(10-21-13)18-15(28)14(27)12(9-26)29-18/h2-6,10,12,14-15,18,26-28H,7-9H2,1H3,(H2,20,22,23)/t12-,14?,15?,18-/m1/s1. The number of benzene rings is 1. The molecule has 2 aromatic heterocycles. The van der Waals surface area contributed by atoms with Gasteiger partial charge in [-0.25, -0.2) is 4.98 Å². The zero-order valence-electron chi connectivity index (χ0n) is 16.0. The number of aliphatic hydroxyl groups excluding tert-OH is 3. The molecule has 3 heterocycles. The largest absolute Gasteiger partial charge is 0.394 e. The molecule has 4 rings (SSSR count). The minimum Gasteiger partial charge on any atom is -0.394 e. The summed E-state index contributed by atoms with van der Waals surface area (Å²) in [6.07, 6.45) is -2.03. The quantitative estimate of drug-likeness (QED) is 0.438. The van der Waals surface area contributed by atoms with Gasteiger partial charge in [0.1, 0.15) is 23.8 Å². The summed E-state index contributed by atoms with van der Waals surface area (Å²) < 4.78 is 7.10. The average Bonchev–Trinajstić information content (AvgIpc) is 3.28. The monoisotopic (exact) mass is 400 g/mol. The Labute approximate surface area is 167 Å². The summed E-state index contributed by atoms with van der Waals surface area (Å²) in [5.41, 5.74) is 8.04. The van der Waals surface area contributed by atoms with Crippen molar-refractivity contribution >= 4 is 22.9 Å². The molecule has 2 unspecified atom stereocenters. The molecule has 29 heavy (non-hydrogen) atoms. The van der Waals surface area contributed by atoms with Crippen LogP contribution in [0.5, 0.6) is 0 Å². The lowest BCUT2D eigenvalue weighted by Crippen LogP contribution is -2.33. The summed E-state index contributed by atoms with van der Waals surface area (Å²) in [7, 11) is 1.87. The highest BCUT2D eigenvalue weighted by Gasteiger charge is 2.44. The van der Waals surface area contributed by atoms with E-state index in [4.69, 9.17) is 10.5 Å². The van der Waals surface area contributed by atoms with Gasteiger partial charge >= 0.3 is 0 Å². The highest BCUT2D eigenvalue weighted by molar-refractivity contribution is 5.83. The van der Waals surface area contributed by atoms with Crippen LogP contribution in [-0.4, -0.2) is 73.3 Å². The Balaban J connectivity index is 1.61. The number of anilines is 2. The number of nitrogens with zero attached hydrogens (tertiary/aromatic N) is 5. The number of aromatic nitrogens is 4. The van der Waals surface area contributed by atoms with Crippen molar-refractivity contribution in [2.45, 2.75) is 31.0 Å². The van der Waals surface area contributed by atoms with E-state index >= 15 is 0 Å². The molecule has 1 aliphatic heterocycles. The number of hydrogen-bond donors (Lipinski definition) is 4. The molecule has 0 spiro atoms. The van der Waals surface area contributed by atoms with Crippen LogP contribution in [0.2, 0.25) is 0 Å². The van der Waals surface area contributed by atoms with Gasteiger partial charge in [0.25, 0.3) is 0 Å². The molecular weight excluding hydrogens is 376 g/mol. The fourth-order valence-electron chi connectivity index (χ4n) is 3.43. The van der Waals surface area contributed by atoms with Crippen LogP contribution in [0.4, 0.5) is 11.8 Å². The minimum atomic E-state index is -1.24. The molecule has 1 aromatic carbocycles. The fraction of sp³-hybridized carbons (Fsp3) is 0.421. The molecule has 154 valence electrons. The molecule has 3 aromatic rings. The molecule has 1 aliphatic rings. The molecule has 0 aliphatic carbocycles. The lowest BCUT2D eigenvalue weighted by atomic mass is 10.1. The summed E-state index contributed by atoms with van der Waals surface area (Å²) in [6.45, 7) is 0.267. The first kappa shape index (κ1) is 19.5. The van der Waals surface area contributed by atoms with E-state index in [2.05, 4.69) is 27.1 Å². The first-order chi connectivity index (χ1) is 14.0. The molecule has 0 bridgehead atoms. The van der Waals surface area contributed by atoms with E-state index < -0.39 is 31.1 Å². The van der Waals surface area contributed by atoms with E-state index in [9.17, 15) is 15.3 Å². The van der Waals surface area contributed by atoms with Crippen LogP contribution in [0.3, 0.4) is 0 Å². The van der Waals surface area contributed by atoms with Crippen LogP contribution in [0.1, 0.15) is 11.8 Å². The average molecular weight is 400 g/mol. The first-order valence-electron chi connectivity index (χ1n) is 9.37. The van der Waals surface area contributed by atoms with Crippen LogP contribution in [0, 0.1) is 0 Å². The van der Waals surface area contributed by atoms with Gasteiger partial charge in [0.15, 0.2) is 17.7 Å². The summed E-state index contributed by atoms with van der Waals surface area (Å²) in [5.74, 6) is 0.626. The highest BCUT2D eigenvalue weighted by Crippen LogP contribution is 2.32. The number of rotatable bonds is 6. The van der Waals surface area contributed by atoms with Crippen molar-refractivity contribution < 1.29 is 20.1 Å². The molecule has 10 heteroatoms. The smallest absolute Gasteiger partial charge is 0.229 e. The van der Waals surface area contributed by atoms with E-state index in [1.54, 1.807) is 0 Å². The van der Waals surface area contributed by atoms with Gasteiger partial charge in [-0.1, -0.05) is 30.3 Å². The number of imidazole rings is 1. The third-order valence-corrected chi connectivity index (χ3v) is 5.15. The van der Waals surface area contributed by atoms with Gasteiger partial charge in [-0.05, 0) is 12.0 Å². The van der Waals surface area contributed by atoms with Gasteiger partial charge in [0.05, 0.1) is 12.9 Å². The van der Waals surface area contributed by atoms with Crippen LogP contribution < -0.4 is 10.6 Å². The molecule has 0 radical (unpaired) electrons. The van der Waals surface area contributed by atoms with Gasteiger partial charge in [-0.3, -0.25) is 4.57 Å². The van der Waals surface area contributed by atoms with Crippen molar-refractivity contribution in [3.8, 4) is 0 Å². The number of fused-ring (bicyclic) bond motifs is 1. The lowest BCUT2D eigenvalue weighted by Gasteiger charge is -2.19. The van der Waals surface area contributed by atoms with Gasteiger partial charge in [0.2, 0.25) is 5.95 Å².